The quantitative estimate of drug-likeness (QED) is 0.393. The average Bonchev–Trinajstić information content (AvgIpc) is 3.21. The molecule has 1 amide bonds. The van der Waals surface area contributed by atoms with Gasteiger partial charge in [0.2, 0.25) is 5.91 Å². The zero-order chi connectivity index (χ0) is 24.4. The van der Waals surface area contributed by atoms with E-state index in [1.54, 1.807) is 11.8 Å². The molecule has 0 aromatic heterocycles. The van der Waals surface area contributed by atoms with Crippen molar-refractivity contribution in [3.05, 3.63) is 63.7 Å². The Hall–Kier alpha value is -2.51. The van der Waals surface area contributed by atoms with Crippen molar-refractivity contribution in [2.75, 3.05) is 11.4 Å². The van der Waals surface area contributed by atoms with E-state index in [9.17, 15) is 31.1 Å². The van der Waals surface area contributed by atoms with Gasteiger partial charge < -0.3 is 4.90 Å². The van der Waals surface area contributed by atoms with Crippen LogP contribution in [0.2, 0.25) is 0 Å². The maximum Gasteiger partial charge on any atom is 0.416 e. The molecule has 1 aliphatic carbocycles. The molecule has 0 unspecified atom stereocenters. The summed E-state index contributed by atoms with van der Waals surface area (Å²) in [6.07, 6.45) is -5.73. The number of anilines is 1. The van der Waals surface area contributed by atoms with E-state index in [0.717, 1.165) is 54.5 Å². The third-order valence-electron chi connectivity index (χ3n) is 5.97. The number of carbonyl (C=O) groups excluding carboxylic acids is 1. The molecule has 0 heterocycles. The number of hydrogen-bond donors (Lipinski definition) is 0. The Morgan fingerprint density at radius 2 is 1.42 bits per heavy atom. The van der Waals surface area contributed by atoms with Crippen LogP contribution in [0.3, 0.4) is 0 Å². The highest BCUT2D eigenvalue weighted by atomic mass is 19.4. The van der Waals surface area contributed by atoms with Crippen molar-refractivity contribution in [3.8, 4) is 0 Å². The summed E-state index contributed by atoms with van der Waals surface area (Å²) in [5.41, 5.74) is 1.12. The molecule has 0 saturated heterocycles. The van der Waals surface area contributed by atoms with E-state index in [-0.39, 0.29) is 30.4 Å². The molecular weight excluding hydrogens is 444 g/mol. The van der Waals surface area contributed by atoms with Crippen molar-refractivity contribution in [3.63, 3.8) is 0 Å². The van der Waals surface area contributed by atoms with Gasteiger partial charge in [0, 0.05) is 18.7 Å². The number of fused-ring (bicyclic) bond motifs is 1. The Balaban J connectivity index is 1.99. The highest BCUT2D eigenvalue weighted by Gasteiger charge is 2.36. The Bertz CT molecular complexity index is 977. The smallest absolute Gasteiger partial charge is 0.312 e. The largest absolute Gasteiger partial charge is 0.416 e. The van der Waals surface area contributed by atoms with Crippen LogP contribution in [0.4, 0.5) is 32.0 Å². The van der Waals surface area contributed by atoms with Crippen LogP contribution < -0.4 is 4.90 Å². The Morgan fingerprint density at radius 1 is 0.848 bits per heavy atom. The molecule has 0 atom stereocenters. The summed E-state index contributed by atoms with van der Waals surface area (Å²) < 4.78 is 79.3. The van der Waals surface area contributed by atoms with Gasteiger partial charge in [-0.25, -0.2) is 0 Å². The van der Waals surface area contributed by atoms with Crippen LogP contribution in [-0.4, -0.2) is 12.5 Å². The minimum absolute atomic E-state index is 0.000925. The molecule has 3 rings (SSSR count). The maximum atomic E-state index is 13.2. The molecule has 33 heavy (non-hydrogen) atoms. The van der Waals surface area contributed by atoms with Gasteiger partial charge in [0.25, 0.3) is 0 Å². The average molecular weight is 471 g/mol. The van der Waals surface area contributed by atoms with E-state index in [2.05, 4.69) is 0 Å². The second-order valence-electron chi connectivity index (χ2n) is 8.42. The predicted octanol–water partition coefficient (Wildman–Crippen LogP) is 7.15. The molecule has 0 bridgehead atoms. The van der Waals surface area contributed by atoms with E-state index in [1.165, 1.54) is 0 Å². The summed E-state index contributed by atoms with van der Waals surface area (Å²) in [6, 6.07) is 5.66. The lowest BCUT2D eigenvalue weighted by Crippen LogP contribution is -2.32. The fourth-order valence-corrected chi connectivity index (χ4v) is 4.35. The Morgan fingerprint density at radius 3 is 1.94 bits per heavy atom. The SMILES string of the molecule is CCCN(C(=O)CC)c1cc2c(cc1CCc1cc(C(F)(F)F)cc(C(F)(F)F)c1)CCC2. The van der Waals surface area contributed by atoms with Gasteiger partial charge in [0.1, 0.15) is 0 Å². The third-order valence-corrected chi connectivity index (χ3v) is 5.97. The zero-order valence-corrected chi connectivity index (χ0v) is 18.7. The molecule has 8 heteroatoms. The first kappa shape index (κ1) is 25.1. The van der Waals surface area contributed by atoms with Gasteiger partial charge >= 0.3 is 12.4 Å². The number of hydrogen-bond acceptors (Lipinski definition) is 1. The number of alkyl halides is 6. The number of carbonyl (C=O) groups is 1. The van der Waals surface area contributed by atoms with Crippen molar-refractivity contribution in [1.29, 1.82) is 0 Å². The van der Waals surface area contributed by atoms with Crippen LogP contribution in [0.5, 0.6) is 0 Å². The summed E-state index contributed by atoms with van der Waals surface area (Å²) in [5, 5.41) is 0. The normalized spacial score (nSPS) is 13.8. The predicted molar refractivity (Wildman–Crippen MR) is 115 cm³/mol. The molecule has 0 N–H and O–H groups in total. The molecule has 180 valence electrons. The molecule has 1 aliphatic rings. The van der Waals surface area contributed by atoms with Crippen molar-refractivity contribution in [1.82, 2.24) is 0 Å². The van der Waals surface area contributed by atoms with E-state index in [1.807, 2.05) is 19.1 Å². The van der Waals surface area contributed by atoms with E-state index >= 15 is 0 Å². The summed E-state index contributed by atoms with van der Waals surface area (Å²) in [6.45, 7) is 4.21. The Kier molecular flexibility index (Phi) is 7.44. The second-order valence-corrected chi connectivity index (χ2v) is 8.42. The van der Waals surface area contributed by atoms with Crippen LogP contribution >= 0.6 is 0 Å². The van der Waals surface area contributed by atoms with Crippen molar-refractivity contribution >= 4 is 11.6 Å². The first-order chi connectivity index (χ1) is 15.4. The number of halogens is 6. The fraction of sp³-hybridized carbons (Fsp3) is 0.480. The first-order valence-corrected chi connectivity index (χ1v) is 11.2. The van der Waals surface area contributed by atoms with Gasteiger partial charge in [-0.1, -0.05) is 19.9 Å². The lowest BCUT2D eigenvalue weighted by atomic mass is 9.95. The zero-order valence-electron chi connectivity index (χ0n) is 18.7. The summed E-state index contributed by atoms with van der Waals surface area (Å²) in [5.74, 6) is -0.0607. The first-order valence-electron chi connectivity index (χ1n) is 11.2. The molecule has 2 aromatic carbocycles. The van der Waals surface area contributed by atoms with Crippen LogP contribution in [0, 0.1) is 0 Å². The maximum absolute atomic E-state index is 13.2. The van der Waals surface area contributed by atoms with Gasteiger partial charge in [-0.05, 0) is 85.0 Å². The van der Waals surface area contributed by atoms with Gasteiger partial charge in [-0.3, -0.25) is 4.79 Å². The number of benzene rings is 2. The number of amides is 1. The molecule has 0 aliphatic heterocycles. The number of nitrogens with zero attached hydrogens (tertiary/aromatic N) is 1. The molecule has 0 fully saturated rings. The number of aryl methyl sites for hydroxylation is 4. The fourth-order valence-electron chi connectivity index (χ4n) is 4.35. The minimum atomic E-state index is -4.87. The van der Waals surface area contributed by atoms with Crippen molar-refractivity contribution < 1.29 is 31.1 Å². The highest BCUT2D eigenvalue weighted by Crippen LogP contribution is 2.37. The molecule has 0 radical (unpaired) electrons. The van der Waals surface area contributed by atoms with Crippen molar-refractivity contribution in [2.45, 2.75) is 71.1 Å². The van der Waals surface area contributed by atoms with Crippen LogP contribution in [0.1, 0.15) is 66.5 Å². The molecule has 0 saturated carbocycles. The van der Waals surface area contributed by atoms with Crippen LogP contribution in [0.15, 0.2) is 30.3 Å². The number of rotatable bonds is 7. The summed E-state index contributed by atoms with van der Waals surface area (Å²) in [7, 11) is 0. The third kappa shape index (κ3) is 5.89. The second kappa shape index (κ2) is 9.77. The van der Waals surface area contributed by atoms with Crippen LogP contribution in [0.25, 0.3) is 0 Å². The van der Waals surface area contributed by atoms with E-state index in [0.29, 0.717) is 18.7 Å². The monoisotopic (exact) mass is 471 g/mol. The molecule has 2 nitrogen and oxygen atoms in total. The summed E-state index contributed by atoms with van der Waals surface area (Å²) in [4.78, 5) is 14.3. The molecule has 0 spiro atoms. The lowest BCUT2D eigenvalue weighted by Gasteiger charge is -2.26. The Labute approximate surface area is 189 Å². The van der Waals surface area contributed by atoms with Gasteiger partial charge in [0.15, 0.2) is 0 Å². The van der Waals surface area contributed by atoms with Gasteiger partial charge in [-0.15, -0.1) is 0 Å². The van der Waals surface area contributed by atoms with Crippen molar-refractivity contribution in [2.24, 2.45) is 0 Å². The topological polar surface area (TPSA) is 20.3 Å². The highest BCUT2D eigenvalue weighted by molar-refractivity contribution is 5.94. The van der Waals surface area contributed by atoms with Gasteiger partial charge in [-0.2, -0.15) is 26.3 Å². The van der Waals surface area contributed by atoms with E-state index in [4.69, 9.17) is 0 Å². The molecular formula is C25H27F6NO. The molecule has 2 aromatic rings. The standard InChI is InChI=1S/C25H27F6NO/c1-3-10-32(23(33)4-2)22-14-18-7-5-6-17(18)13-19(22)9-8-16-11-20(24(26,27)28)15-21(12-16)25(29,30)31/h11-15H,3-10H2,1-2H3. The summed E-state index contributed by atoms with van der Waals surface area (Å²) >= 11 is 0. The van der Waals surface area contributed by atoms with Gasteiger partial charge in [0.05, 0.1) is 11.1 Å². The van der Waals surface area contributed by atoms with E-state index < -0.39 is 23.5 Å². The lowest BCUT2D eigenvalue weighted by molar-refractivity contribution is -0.143. The minimum Gasteiger partial charge on any atom is -0.312 e. The van der Waals surface area contributed by atoms with Crippen LogP contribution in [-0.2, 0) is 42.8 Å².